The van der Waals surface area contributed by atoms with Gasteiger partial charge < -0.3 is 9.84 Å². The van der Waals surface area contributed by atoms with Crippen LogP contribution in [0.15, 0.2) is 24.5 Å². The van der Waals surface area contributed by atoms with Crippen molar-refractivity contribution in [2.24, 2.45) is 0 Å². The Labute approximate surface area is 166 Å². The molecule has 1 aromatic carbocycles. The highest BCUT2D eigenvalue weighted by atomic mass is 16.5. The molecule has 1 aliphatic heterocycles. The smallest absolute Gasteiger partial charge is 0.311 e. The number of ether oxygens (including phenoxy) is 1. The van der Waals surface area contributed by atoms with E-state index in [1.807, 2.05) is 0 Å². The van der Waals surface area contributed by atoms with E-state index in [1.54, 1.807) is 12.4 Å². The Morgan fingerprint density at radius 3 is 2.46 bits per heavy atom. The molecular weight excluding hydrogens is 352 g/mol. The maximum atomic E-state index is 10.7. The lowest BCUT2D eigenvalue weighted by molar-refractivity contribution is -0.136. The van der Waals surface area contributed by atoms with Gasteiger partial charge in [0.2, 0.25) is 0 Å². The lowest BCUT2D eigenvalue weighted by atomic mass is 9.73. The van der Waals surface area contributed by atoms with Crippen LogP contribution in [-0.4, -0.2) is 26.6 Å². The van der Waals surface area contributed by atoms with Crippen molar-refractivity contribution < 1.29 is 14.6 Å². The largest absolute Gasteiger partial charge is 0.488 e. The summed E-state index contributed by atoms with van der Waals surface area (Å²) in [7, 11) is 0. The molecule has 0 saturated carbocycles. The number of aryl methyl sites for hydroxylation is 1. The molecule has 0 fully saturated rings. The van der Waals surface area contributed by atoms with Crippen molar-refractivity contribution in [1.82, 2.24) is 9.97 Å². The summed E-state index contributed by atoms with van der Waals surface area (Å²) in [6, 6.07) is 4.27. The van der Waals surface area contributed by atoms with Crippen molar-refractivity contribution in [3.63, 3.8) is 0 Å². The first-order valence-electron chi connectivity index (χ1n) is 9.51. The number of aliphatic carboxylic acids is 1. The monoisotopic (exact) mass is 378 g/mol. The summed E-state index contributed by atoms with van der Waals surface area (Å²) in [6.07, 6.45) is 4.74. The number of aromatic nitrogens is 2. The minimum absolute atomic E-state index is 0.00137. The Kier molecular flexibility index (Phi) is 5.16. The number of nitrogens with zero attached hydrogens (tertiary/aromatic N) is 2. The van der Waals surface area contributed by atoms with Crippen molar-refractivity contribution in [2.45, 2.75) is 64.9 Å². The maximum absolute atomic E-state index is 10.7. The first-order chi connectivity index (χ1) is 13.1. The van der Waals surface area contributed by atoms with E-state index < -0.39 is 5.97 Å². The maximum Gasteiger partial charge on any atom is 0.311 e. The predicted octanol–water partition coefficient (Wildman–Crippen LogP) is 3.90. The highest BCUT2D eigenvalue weighted by molar-refractivity contribution is 5.68. The summed E-state index contributed by atoms with van der Waals surface area (Å²) in [5.74, 6) is 6.63. The Balaban J connectivity index is 1.96. The molecule has 0 radical (unpaired) electrons. The number of carboxylic acids is 1. The summed E-state index contributed by atoms with van der Waals surface area (Å²) >= 11 is 0. The van der Waals surface area contributed by atoms with Crippen LogP contribution in [0.3, 0.4) is 0 Å². The lowest BCUT2D eigenvalue weighted by Crippen LogP contribution is -2.41. The van der Waals surface area contributed by atoms with Crippen molar-refractivity contribution in [3.05, 3.63) is 52.6 Å². The Hall–Kier alpha value is -2.87. The van der Waals surface area contributed by atoms with Gasteiger partial charge in [-0.25, -0.2) is 9.97 Å². The van der Waals surface area contributed by atoms with E-state index in [-0.39, 0.29) is 23.3 Å². The van der Waals surface area contributed by atoms with Gasteiger partial charge in [0.1, 0.15) is 23.6 Å². The van der Waals surface area contributed by atoms with Gasteiger partial charge >= 0.3 is 5.97 Å². The van der Waals surface area contributed by atoms with Crippen molar-refractivity contribution in [3.8, 4) is 17.6 Å². The molecule has 1 aromatic heterocycles. The van der Waals surface area contributed by atoms with Crippen molar-refractivity contribution in [1.29, 1.82) is 0 Å². The second-order valence-electron chi connectivity index (χ2n) is 8.49. The van der Waals surface area contributed by atoms with Crippen LogP contribution in [0.5, 0.6) is 5.75 Å². The van der Waals surface area contributed by atoms with Crippen LogP contribution in [0.1, 0.15) is 69.1 Å². The van der Waals surface area contributed by atoms with Crippen molar-refractivity contribution in [2.75, 3.05) is 0 Å². The van der Waals surface area contributed by atoms with Crippen LogP contribution >= 0.6 is 0 Å². The number of benzene rings is 1. The SMILES string of the molecule is CCc1cc2c(cc1C#Cc1cnc(CC(=O)O)nc1)C(C)(C)CC(C)(C)O2. The number of carboxylic acid groups (broad SMARTS) is 1. The van der Waals surface area contributed by atoms with Gasteiger partial charge in [-0.3, -0.25) is 4.79 Å². The zero-order valence-electron chi connectivity index (χ0n) is 17.1. The van der Waals surface area contributed by atoms with E-state index in [1.165, 1.54) is 5.56 Å². The van der Waals surface area contributed by atoms with E-state index in [9.17, 15) is 4.79 Å². The van der Waals surface area contributed by atoms with E-state index in [2.05, 4.69) is 68.6 Å². The molecule has 28 heavy (non-hydrogen) atoms. The number of fused-ring (bicyclic) bond motifs is 1. The van der Waals surface area contributed by atoms with Crippen LogP contribution in [-0.2, 0) is 23.1 Å². The molecule has 0 spiro atoms. The number of hydrogen-bond acceptors (Lipinski definition) is 4. The fourth-order valence-electron chi connectivity index (χ4n) is 3.92. The third-order valence-corrected chi connectivity index (χ3v) is 4.93. The average Bonchev–Trinajstić information content (AvgIpc) is 2.58. The molecule has 0 bridgehead atoms. The van der Waals surface area contributed by atoms with Gasteiger partial charge in [0.05, 0.1) is 5.56 Å². The summed E-state index contributed by atoms with van der Waals surface area (Å²) in [5.41, 5.74) is 3.77. The third-order valence-electron chi connectivity index (χ3n) is 4.93. The predicted molar refractivity (Wildman–Crippen MR) is 108 cm³/mol. The molecule has 0 saturated heterocycles. The fraction of sp³-hybridized carbons (Fsp3) is 0.435. The molecule has 0 atom stereocenters. The molecule has 1 aliphatic rings. The molecule has 1 N–H and O–H groups in total. The molecule has 146 valence electrons. The minimum Gasteiger partial charge on any atom is -0.488 e. The Morgan fingerprint density at radius 1 is 1.18 bits per heavy atom. The van der Waals surface area contributed by atoms with Gasteiger partial charge in [-0.15, -0.1) is 0 Å². The quantitative estimate of drug-likeness (QED) is 0.820. The van der Waals surface area contributed by atoms with Crippen LogP contribution < -0.4 is 4.74 Å². The molecule has 0 amide bonds. The van der Waals surface area contributed by atoms with Gasteiger partial charge in [0.15, 0.2) is 0 Å². The third kappa shape index (κ3) is 4.33. The second-order valence-corrected chi connectivity index (χ2v) is 8.49. The molecular formula is C23H26N2O3. The van der Waals surface area contributed by atoms with E-state index in [0.717, 1.165) is 29.7 Å². The average molecular weight is 378 g/mol. The van der Waals surface area contributed by atoms with Gasteiger partial charge in [-0.05, 0) is 49.8 Å². The normalized spacial score (nSPS) is 16.3. The van der Waals surface area contributed by atoms with Gasteiger partial charge in [0.25, 0.3) is 0 Å². The summed E-state index contributed by atoms with van der Waals surface area (Å²) in [5, 5.41) is 8.80. The van der Waals surface area contributed by atoms with Gasteiger partial charge in [-0.1, -0.05) is 32.6 Å². The second kappa shape index (κ2) is 7.27. The van der Waals surface area contributed by atoms with Crippen LogP contribution in [0.2, 0.25) is 0 Å². The zero-order valence-corrected chi connectivity index (χ0v) is 17.1. The molecule has 0 aliphatic carbocycles. The van der Waals surface area contributed by atoms with E-state index in [0.29, 0.717) is 5.56 Å². The van der Waals surface area contributed by atoms with E-state index >= 15 is 0 Å². The standard InChI is InChI=1S/C23H26N2O3/c1-6-16-10-19-18(22(2,3)14-23(4,5)28-19)9-17(16)8-7-15-12-24-20(25-13-15)11-21(26)27/h9-10,12-13H,6,11,14H2,1-5H3,(H,26,27). The first-order valence-corrected chi connectivity index (χ1v) is 9.51. The lowest BCUT2D eigenvalue weighted by Gasteiger charge is -2.42. The van der Waals surface area contributed by atoms with Crippen molar-refractivity contribution >= 4 is 5.97 Å². The highest BCUT2D eigenvalue weighted by Gasteiger charge is 2.39. The topological polar surface area (TPSA) is 72.3 Å². The van der Waals surface area contributed by atoms with Crippen LogP contribution in [0.25, 0.3) is 0 Å². The number of carbonyl (C=O) groups is 1. The molecule has 3 rings (SSSR count). The summed E-state index contributed by atoms with van der Waals surface area (Å²) < 4.78 is 6.24. The van der Waals surface area contributed by atoms with E-state index in [4.69, 9.17) is 9.84 Å². The van der Waals surface area contributed by atoms with Gasteiger partial charge in [0, 0.05) is 23.5 Å². The zero-order chi connectivity index (χ0) is 20.5. The first kappa shape index (κ1) is 19.9. The molecule has 5 nitrogen and oxygen atoms in total. The molecule has 2 aromatic rings. The highest BCUT2D eigenvalue weighted by Crippen LogP contribution is 2.45. The van der Waals surface area contributed by atoms with Crippen LogP contribution in [0.4, 0.5) is 0 Å². The van der Waals surface area contributed by atoms with Crippen LogP contribution in [0, 0.1) is 11.8 Å². The Morgan fingerprint density at radius 2 is 1.86 bits per heavy atom. The Bertz CT molecular complexity index is 964. The number of rotatable bonds is 3. The summed E-state index contributed by atoms with van der Waals surface area (Å²) in [4.78, 5) is 18.9. The molecule has 0 unspecified atom stereocenters. The number of hydrogen-bond donors (Lipinski definition) is 1. The molecule has 5 heteroatoms. The molecule has 2 heterocycles. The minimum atomic E-state index is -0.950. The fourth-order valence-corrected chi connectivity index (χ4v) is 3.92. The van der Waals surface area contributed by atoms with Gasteiger partial charge in [-0.2, -0.15) is 0 Å². The summed E-state index contributed by atoms with van der Waals surface area (Å²) in [6.45, 7) is 10.9.